The van der Waals surface area contributed by atoms with Crippen molar-refractivity contribution in [3.05, 3.63) is 46.4 Å². The molecule has 1 aromatic heterocycles. The van der Waals surface area contributed by atoms with Crippen molar-refractivity contribution in [2.45, 2.75) is 31.0 Å². The standard InChI is InChI=1S/C19H21ClN4O2S/c1-12-17(11-21)18(23-14(3)22-12)27-13(2)19(25)24(4)9-10-26-16-7-5-15(20)6-8-16/h5-8,13H,9-10H2,1-4H3. The molecule has 1 amide bonds. The number of hydrogen-bond acceptors (Lipinski definition) is 6. The summed E-state index contributed by atoms with van der Waals surface area (Å²) in [5.74, 6) is 1.23. The Labute approximate surface area is 168 Å². The third kappa shape index (κ3) is 5.84. The van der Waals surface area contributed by atoms with Gasteiger partial charge in [-0.25, -0.2) is 9.97 Å². The average Bonchev–Trinajstić information content (AvgIpc) is 2.62. The highest BCUT2D eigenvalue weighted by Crippen LogP contribution is 2.27. The largest absolute Gasteiger partial charge is 0.492 e. The molecule has 8 heteroatoms. The summed E-state index contributed by atoms with van der Waals surface area (Å²) < 4.78 is 5.62. The number of nitriles is 1. The zero-order valence-corrected chi connectivity index (χ0v) is 17.3. The number of nitrogens with zero attached hydrogens (tertiary/aromatic N) is 4. The summed E-state index contributed by atoms with van der Waals surface area (Å²) in [7, 11) is 1.73. The minimum atomic E-state index is -0.383. The molecule has 1 unspecified atom stereocenters. The molecule has 27 heavy (non-hydrogen) atoms. The Morgan fingerprint density at radius 2 is 2.00 bits per heavy atom. The summed E-state index contributed by atoms with van der Waals surface area (Å²) >= 11 is 7.11. The van der Waals surface area contributed by atoms with Crippen LogP contribution in [0.15, 0.2) is 29.3 Å². The van der Waals surface area contributed by atoms with Gasteiger partial charge in [0, 0.05) is 12.1 Å². The van der Waals surface area contributed by atoms with E-state index in [1.807, 2.05) is 0 Å². The first-order chi connectivity index (χ1) is 12.8. The molecule has 0 radical (unpaired) electrons. The minimum Gasteiger partial charge on any atom is -0.492 e. The van der Waals surface area contributed by atoms with E-state index in [1.54, 1.807) is 57.0 Å². The molecule has 0 saturated heterocycles. The van der Waals surface area contributed by atoms with Crippen molar-refractivity contribution in [1.82, 2.24) is 14.9 Å². The van der Waals surface area contributed by atoms with Crippen LogP contribution in [0.1, 0.15) is 24.0 Å². The van der Waals surface area contributed by atoms with E-state index in [9.17, 15) is 10.1 Å². The van der Waals surface area contributed by atoms with Gasteiger partial charge in [0.25, 0.3) is 0 Å². The van der Waals surface area contributed by atoms with E-state index in [-0.39, 0.29) is 11.2 Å². The van der Waals surface area contributed by atoms with Crippen LogP contribution in [0, 0.1) is 25.2 Å². The van der Waals surface area contributed by atoms with Crippen LogP contribution in [0.5, 0.6) is 5.75 Å². The Bertz CT molecular complexity index is 852. The van der Waals surface area contributed by atoms with E-state index in [1.165, 1.54) is 11.8 Å². The Morgan fingerprint density at radius 1 is 1.33 bits per heavy atom. The minimum absolute atomic E-state index is 0.0579. The van der Waals surface area contributed by atoms with Gasteiger partial charge in [0.05, 0.1) is 17.5 Å². The van der Waals surface area contributed by atoms with Crippen LogP contribution in [0.4, 0.5) is 0 Å². The van der Waals surface area contributed by atoms with Gasteiger partial charge in [0.2, 0.25) is 5.91 Å². The molecule has 0 aliphatic heterocycles. The summed E-state index contributed by atoms with van der Waals surface area (Å²) in [5, 5.41) is 10.1. The first kappa shape index (κ1) is 21.0. The van der Waals surface area contributed by atoms with Crippen molar-refractivity contribution in [1.29, 1.82) is 5.26 Å². The van der Waals surface area contributed by atoms with E-state index in [0.717, 1.165) is 0 Å². The Kier molecular flexibility index (Phi) is 7.45. The second kappa shape index (κ2) is 9.58. The zero-order chi connectivity index (χ0) is 20.0. The number of carbonyl (C=O) groups is 1. The molecule has 142 valence electrons. The highest BCUT2D eigenvalue weighted by molar-refractivity contribution is 8.00. The maximum Gasteiger partial charge on any atom is 0.235 e. The third-order valence-electron chi connectivity index (χ3n) is 3.80. The third-order valence-corrected chi connectivity index (χ3v) is 5.13. The molecule has 0 aliphatic carbocycles. The van der Waals surface area contributed by atoms with Gasteiger partial charge in [-0.05, 0) is 45.0 Å². The first-order valence-electron chi connectivity index (χ1n) is 8.37. The molecule has 6 nitrogen and oxygen atoms in total. The second-order valence-corrected chi connectivity index (χ2v) is 7.74. The van der Waals surface area contributed by atoms with Gasteiger partial charge in [-0.3, -0.25) is 4.79 Å². The quantitative estimate of drug-likeness (QED) is 0.517. The molecule has 0 spiro atoms. The number of halogens is 1. The maximum atomic E-state index is 12.6. The lowest BCUT2D eigenvalue weighted by Crippen LogP contribution is -2.36. The van der Waals surface area contributed by atoms with Crippen LogP contribution < -0.4 is 4.74 Å². The van der Waals surface area contributed by atoms with Gasteiger partial charge in [0.1, 0.15) is 34.8 Å². The van der Waals surface area contributed by atoms with Crippen molar-refractivity contribution in [3.63, 3.8) is 0 Å². The lowest BCUT2D eigenvalue weighted by atomic mass is 10.3. The van der Waals surface area contributed by atoms with E-state index in [0.29, 0.717) is 46.0 Å². The predicted octanol–water partition coefficient (Wildman–Crippen LogP) is 3.64. The molecular weight excluding hydrogens is 384 g/mol. The molecule has 0 bridgehead atoms. The predicted molar refractivity (Wildman–Crippen MR) is 106 cm³/mol. The van der Waals surface area contributed by atoms with E-state index < -0.39 is 0 Å². The highest BCUT2D eigenvalue weighted by Gasteiger charge is 2.22. The zero-order valence-electron chi connectivity index (χ0n) is 15.7. The number of aromatic nitrogens is 2. The smallest absolute Gasteiger partial charge is 0.235 e. The molecule has 0 saturated carbocycles. The molecule has 1 atom stereocenters. The average molecular weight is 405 g/mol. The Morgan fingerprint density at radius 3 is 2.63 bits per heavy atom. The SMILES string of the molecule is Cc1nc(C)c(C#N)c(SC(C)C(=O)N(C)CCOc2ccc(Cl)cc2)n1. The number of carbonyl (C=O) groups excluding carboxylic acids is 1. The summed E-state index contributed by atoms with van der Waals surface area (Å²) in [4.78, 5) is 22.7. The van der Waals surface area contributed by atoms with Crippen LogP contribution in [0.3, 0.4) is 0 Å². The molecule has 2 rings (SSSR count). The molecule has 0 N–H and O–H groups in total. The highest BCUT2D eigenvalue weighted by atomic mass is 35.5. The first-order valence-corrected chi connectivity index (χ1v) is 9.63. The Hall–Kier alpha value is -2.30. The number of likely N-dealkylation sites (N-methyl/N-ethyl adjacent to an activating group) is 1. The molecule has 1 aromatic carbocycles. The van der Waals surface area contributed by atoms with Crippen molar-refractivity contribution in [2.75, 3.05) is 20.2 Å². The monoisotopic (exact) mass is 404 g/mol. The van der Waals surface area contributed by atoms with Gasteiger partial charge in [-0.1, -0.05) is 23.4 Å². The van der Waals surface area contributed by atoms with Gasteiger partial charge in [-0.15, -0.1) is 0 Å². The van der Waals surface area contributed by atoms with Crippen LogP contribution >= 0.6 is 23.4 Å². The lowest BCUT2D eigenvalue weighted by Gasteiger charge is -2.21. The molecule has 0 aliphatic rings. The summed E-state index contributed by atoms with van der Waals surface area (Å²) in [6.45, 7) is 6.15. The van der Waals surface area contributed by atoms with Gasteiger partial charge >= 0.3 is 0 Å². The fourth-order valence-electron chi connectivity index (χ4n) is 2.36. The molecular formula is C19H21ClN4O2S. The van der Waals surface area contributed by atoms with Gasteiger partial charge in [-0.2, -0.15) is 5.26 Å². The van der Waals surface area contributed by atoms with E-state index >= 15 is 0 Å². The molecule has 1 heterocycles. The number of amides is 1. The van der Waals surface area contributed by atoms with Gasteiger partial charge in [0.15, 0.2) is 0 Å². The Balaban J connectivity index is 1.92. The van der Waals surface area contributed by atoms with Crippen LogP contribution in [-0.2, 0) is 4.79 Å². The maximum absolute atomic E-state index is 12.6. The van der Waals surface area contributed by atoms with E-state index in [2.05, 4.69) is 16.0 Å². The van der Waals surface area contributed by atoms with Crippen LogP contribution in [0.2, 0.25) is 5.02 Å². The normalized spacial score (nSPS) is 11.6. The second-order valence-electron chi connectivity index (χ2n) is 5.97. The fraction of sp³-hybridized carbons (Fsp3) is 0.368. The summed E-state index contributed by atoms with van der Waals surface area (Å²) in [6.07, 6.45) is 0. The summed E-state index contributed by atoms with van der Waals surface area (Å²) in [6, 6.07) is 9.19. The topological polar surface area (TPSA) is 79.1 Å². The fourth-order valence-corrected chi connectivity index (χ4v) is 3.60. The number of rotatable bonds is 7. The van der Waals surface area contributed by atoms with Crippen LogP contribution in [0.25, 0.3) is 0 Å². The van der Waals surface area contributed by atoms with E-state index in [4.69, 9.17) is 16.3 Å². The number of aryl methyl sites for hydroxylation is 2. The van der Waals surface area contributed by atoms with Crippen molar-refractivity contribution < 1.29 is 9.53 Å². The van der Waals surface area contributed by atoms with Crippen molar-refractivity contribution >= 4 is 29.3 Å². The molecule has 2 aromatic rings. The van der Waals surface area contributed by atoms with Crippen LogP contribution in [-0.4, -0.2) is 46.2 Å². The number of benzene rings is 1. The number of ether oxygens (including phenoxy) is 1. The van der Waals surface area contributed by atoms with Crippen molar-refractivity contribution in [2.24, 2.45) is 0 Å². The lowest BCUT2D eigenvalue weighted by molar-refractivity contribution is -0.129. The molecule has 0 fully saturated rings. The van der Waals surface area contributed by atoms with Crippen molar-refractivity contribution in [3.8, 4) is 11.8 Å². The van der Waals surface area contributed by atoms with Gasteiger partial charge < -0.3 is 9.64 Å². The summed E-state index contributed by atoms with van der Waals surface area (Å²) in [5.41, 5.74) is 1.04. The number of thioether (sulfide) groups is 1. The number of hydrogen-bond donors (Lipinski definition) is 0.